The van der Waals surface area contributed by atoms with Gasteiger partial charge >= 0.3 is 5.97 Å². The third kappa shape index (κ3) is 3.22. The molecule has 0 radical (unpaired) electrons. The summed E-state index contributed by atoms with van der Waals surface area (Å²) in [6.07, 6.45) is 1.89. The van der Waals surface area contributed by atoms with Crippen LogP contribution in [0.4, 0.5) is 0 Å². The van der Waals surface area contributed by atoms with E-state index in [0.29, 0.717) is 6.54 Å². The van der Waals surface area contributed by atoms with Crippen LogP contribution in [-0.2, 0) is 19.4 Å². The molecular formula is C15H18N2O2. The molecular weight excluding hydrogens is 240 g/mol. The number of hydrogen-bond donors (Lipinski definition) is 1. The molecule has 0 atom stereocenters. The summed E-state index contributed by atoms with van der Waals surface area (Å²) >= 11 is 0. The van der Waals surface area contributed by atoms with Crippen LogP contribution in [0, 0.1) is 6.92 Å². The van der Waals surface area contributed by atoms with Crippen LogP contribution in [0.3, 0.4) is 0 Å². The minimum Gasteiger partial charge on any atom is -0.476 e. The second kappa shape index (κ2) is 5.69. The molecule has 0 saturated carbocycles. The third-order valence-corrected chi connectivity index (χ3v) is 3.24. The number of aryl methyl sites for hydroxylation is 4. The highest BCUT2D eigenvalue weighted by Crippen LogP contribution is 2.09. The Labute approximate surface area is 112 Å². The molecule has 0 aliphatic heterocycles. The van der Waals surface area contributed by atoms with Crippen molar-refractivity contribution in [3.05, 3.63) is 52.8 Å². The van der Waals surface area contributed by atoms with Gasteiger partial charge in [-0.3, -0.25) is 4.68 Å². The van der Waals surface area contributed by atoms with Gasteiger partial charge in [-0.1, -0.05) is 31.2 Å². The van der Waals surface area contributed by atoms with Gasteiger partial charge in [0.15, 0.2) is 5.69 Å². The van der Waals surface area contributed by atoms with E-state index in [9.17, 15) is 4.79 Å². The van der Waals surface area contributed by atoms with Crippen molar-refractivity contribution in [3.63, 3.8) is 0 Å². The third-order valence-electron chi connectivity index (χ3n) is 3.24. The van der Waals surface area contributed by atoms with Gasteiger partial charge in [-0.25, -0.2) is 4.79 Å². The largest absolute Gasteiger partial charge is 0.476 e. The molecule has 2 rings (SSSR count). The zero-order valence-corrected chi connectivity index (χ0v) is 11.3. The van der Waals surface area contributed by atoms with Crippen molar-refractivity contribution in [3.8, 4) is 0 Å². The molecule has 1 aromatic heterocycles. The summed E-state index contributed by atoms with van der Waals surface area (Å²) < 4.78 is 1.75. The van der Waals surface area contributed by atoms with Gasteiger partial charge in [-0.05, 0) is 37.0 Å². The topological polar surface area (TPSA) is 55.1 Å². The Morgan fingerprint density at radius 1 is 1.26 bits per heavy atom. The van der Waals surface area contributed by atoms with E-state index in [1.54, 1.807) is 10.7 Å². The van der Waals surface area contributed by atoms with E-state index in [4.69, 9.17) is 5.11 Å². The van der Waals surface area contributed by atoms with Crippen LogP contribution in [0.25, 0.3) is 0 Å². The van der Waals surface area contributed by atoms with Gasteiger partial charge in [-0.15, -0.1) is 0 Å². The van der Waals surface area contributed by atoms with Crippen molar-refractivity contribution in [1.29, 1.82) is 0 Å². The highest BCUT2D eigenvalue weighted by Gasteiger charge is 2.10. The number of nitrogens with zero attached hydrogens (tertiary/aromatic N) is 2. The van der Waals surface area contributed by atoms with Crippen molar-refractivity contribution in [2.75, 3.05) is 0 Å². The van der Waals surface area contributed by atoms with Crippen LogP contribution in [0.2, 0.25) is 0 Å². The molecule has 4 heteroatoms. The number of benzene rings is 1. The molecule has 2 aromatic rings. The van der Waals surface area contributed by atoms with Crippen molar-refractivity contribution < 1.29 is 9.90 Å². The van der Waals surface area contributed by atoms with E-state index in [2.05, 4.69) is 36.3 Å². The Kier molecular flexibility index (Phi) is 4.00. The first kappa shape index (κ1) is 13.3. The zero-order valence-electron chi connectivity index (χ0n) is 11.3. The Morgan fingerprint density at radius 2 is 1.89 bits per heavy atom. The molecule has 0 bridgehead atoms. The summed E-state index contributed by atoms with van der Waals surface area (Å²) in [6, 6.07) is 10.1. The monoisotopic (exact) mass is 258 g/mol. The summed E-state index contributed by atoms with van der Waals surface area (Å²) in [4.78, 5) is 10.8. The molecule has 0 fully saturated rings. The maximum Gasteiger partial charge on any atom is 0.356 e. The van der Waals surface area contributed by atoms with Gasteiger partial charge < -0.3 is 5.11 Å². The maximum atomic E-state index is 10.8. The fourth-order valence-corrected chi connectivity index (χ4v) is 2.02. The van der Waals surface area contributed by atoms with Crippen molar-refractivity contribution in [2.24, 2.45) is 0 Å². The predicted octanol–water partition coefficient (Wildman–Crippen LogP) is 2.69. The fourth-order valence-electron chi connectivity index (χ4n) is 2.02. The SMILES string of the molecule is CCc1ccc(CCn2nc(C(=O)O)cc2C)cc1. The average molecular weight is 258 g/mol. The molecule has 100 valence electrons. The quantitative estimate of drug-likeness (QED) is 0.897. The van der Waals surface area contributed by atoms with Gasteiger partial charge in [0, 0.05) is 12.2 Å². The van der Waals surface area contributed by atoms with Gasteiger partial charge in [0.05, 0.1) is 0 Å². The maximum absolute atomic E-state index is 10.8. The second-order valence-corrected chi connectivity index (χ2v) is 4.62. The van der Waals surface area contributed by atoms with Crippen LogP contribution < -0.4 is 0 Å². The molecule has 19 heavy (non-hydrogen) atoms. The summed E-state index contributed by atoms with van der Waals surface area (Å²) in [6.45, 7) is 4.71. The number of carbonyl (C=O) groups is 1. The van der Waals surface area contributed by atoms with Gasteiger partial charge in [0.1, 0.15) is 0 Å². The number of carboxylic acid groups (broad SMARTS) is 1. The number of carboxylic acids is 1. The summed E-state index contributed by atoms with van der Waals surface area (Å²) in [5.41, 5.74) is 3.55. The Hall–Kier alpha value is -2.10. The zero-order chi connectivity index (χ0) is 13.8. The van der Waals surface area contributed by atoms with E-state index in [1.807, 2.05) is 6.92 Å². The molecule has 1 heterocycles. The van der Waals surface area contributed by atoms with Crippen LogP contribution in [0.5, 0.6) is 0 Å². The Balaban J connectivity index is 2.03. The van der Waals surface area contributed by atoms with Gasteiger partial charge in [0.2, 0.25) is 0 Å². The normalized spacial score (nSPS) is 10.6. The van der Waals surface area contributed by atoms with Gasteiger partial charge in [0.25, 0.3) is 0 Å². The van der Waals surface area contributed by atoms with Crippen LogP contribution in [0.1, 0.15) is 34.2 Å². The molecule has 0 amide bonds. The molecule has 1 N–H and O–H groups in total. The highest BCUT2D eigenvalue weighted by molar-refractivity contribution is 5.85. The number of aromatic nitrogens is 2. The number of aromatic carboxylic acids is 1. The summed E-state index contributed by atoms with van der Waals surface area (Å²) in [5.74, 6) is -0.978. The smallest absolute Gasteiger partial charge is 0.356 e. The average Bonchev–Trinajstić information content (AvgIpc) is 2.79. The summed E-state index contributed by atoms with van der Waals surface area (Å²) in [5, 5.41) is 13.0. The predicted molar refractivity (Wildman–Crippen MR) is 73.4 cm³/mol. The van der Waals surface area contributed by atoms with E-state index in [0.717, 1.165) is 18.5 Å². The van der Waals surface area contributed by atoms with Crippen molar-refractivity contribution in [2.45, 2.75) is 33.2 Å². The first-order valence-electron chi connectivity index (χ1n) is 6.45. The van der Waals surface area contributed by atoms with Crippen molar-refractivity contribution in [1.82, 2.24) is 9.78 Å². The minimum atomic E-state index is -0.978. The van der Waals surface area contributed by atoms with E-state index >= 15 is 0 Å². The number of rotatable bonds is 5. The van der Waals surface area contributed by atoms with E-state index in [1.165, 1.54) is 11.1 Å². The lowest BCUT2D eigenvalue weighted by atomic mass is 10.1. The minimum absolute atomic E-state index is 0.110. The van der Waals surface area contributed by atoms with Crippen molar-refractivity contribution >= 4 is 5.97 Å². The van der Waals surface area contributed by atoms with Gasteiger partial charge in [-0.2, -0.15) is 5.10 Å². The molecule has 0 spiro atoms. The molecule has 4 nitrogen and oxygen atoms in total. The lowest BCUT2D eigenvalue weighted by Crippen LogP contribution is -2.07. The van der Waals surface area contributed by atoms with Crippen LogP contribution >= 0.6 is 0 Å². The Morgan fingerprint density at radius 3 is 2.42 bits per heavy atom. The lowest BCUT2D eigenvalue weighted by molar-refractivity contribution is 0.0689. The van der Waals surface area contributed by atoms with Crippen LogP contribution in [0.15, 0.2) is 30.3 Å². The summed E-state index contributed by atoms with van der Waals surface area (Å²) in [7, 11) is 0. The molecule has 0 saturated heterocycles. The van der Waals surface area contributed by atoms with E-state index < -0.39 is 5.97 Å². The highest BCUT2D eigenvalue weighted by atomic mass is 16.4. The van der Waals surface area contributed by atoms with E-state index in [-0.39, 0.29) is 5.69 Å². The standard InChI is InChI=1S/C15H18N2O2/c1-3-12-4-6-13(7-5-12)8-9-17-11(2)10-14(16-17)15(18)19/h4-7,10H,3,8-9H2,1-2H3,(H,18,19). The molecule has 1 aromatic carbocycles. The molecule has 0 unspecified atom stereocenters. The second-order valence-electron chi connectivity index (χ2n) is 4.62. The first-order valence-corrected chi connectivity index (χ1v) is 6.45. The van der Waals surface area contributed by atoms with Crippen LogP contribution in [-0.4, -0.2) is 20.9 Å². The molecule has 0 aliphatic carbocycles. The first-order chi connectivity index (χ1) is 9.10. The Bertz CT molecular complexity index is 570. The molecule has 0 aliphatic rings. The fraction of sp³-hybridized carbons (Fsp3) is 0.333. The lowest BCUT2D eigenvalue weighted by Gasteiger charge is -2.05. The number of hydrogen-bond acceptors (Lipinski definition) is 2.